The molecular formula is C70H116O10. The number of rotatable bonds is 14. The summed E-state index contributed by atoms with van der Waals surface area (Å²) in [6.07, 6.45) is 30.9. The second-order valence-corrected chi connectivity index (χ2v) is 34.7. The molecule has 0 saturated heterocycles. The summed E-state index contributed by atoms with van der Waals surface area (Å²) in [4.78, 5) is 49.9. The third-order valence-corrected chi connectivity index (χ3v) is 25.6. The van der Waals surface area contributed by atoms with Gasteiger partial charge in [-0.1, -0.05) is 27.7 Å². The molecule has 80 heavy (non-hydrogen) atoms. The summed E-state index contributed by atoms with van der Waals surface area (Å²) >= 11 is 0. The highest BCUT2D eigenvalue weighted by Gasteiger charge is 2.63. The molecule has 0 aliphatic heterocycles. The topological polar surface area (TPSA) is 146 Å². The molecule has 2 N–H and O–H groups in total. The molecule has 16 saturated carbocycles. The van der Waals surface area contributed by atoms with Gasteiger partial charge in [0.1, 0.15) is 22.4 Å². The van der Waals surface area contributed by atoms with Crippen molar-refractivity contribution in [2.24, 2.45) is 91.7 Å². The van der Waals surface area contributed by atoms with E-state index in [1.54, 1.807) is 0 Å². The fraction of sp³-hybridized carbons (Fsp3) is 0.943. The van der Waals surface area contributed by atoms with Gasteiger partial charge in [-0.05, 0) is 309 Å². The first-order valence-corrected chi connectivity index (χ1v) is 33.3. The Kier molecular flexibility index (Phi) is 16.6. The zero-order valence-electron chi connectivity index (χ0n) is 53.7. The second kappa shape index (κ2) is 21.3. The van der Waals surface area contributed by atoms with E-state index in [9.17, 15) is 29.4 Å². The third-order valence-electron chi connectivity index (χ3n) is 25.6. The van der Waals surface area contributed by atoms with Crippen molar-refractivity contribution in [1.82, 2.24) is 0 Å². The molecule has 0 radical (unpaired) electrons. The smallest absolute Gasteiger partial charge is 0.312 e. The number of carbonyl (C=O) groups is 4. The van der Waals surface area contributed by atoms with Gasteiger partial charge in [0, 0.05) is 23.7 Å². The number of hydrogen-bond acceptors (Lipinski definition) is 10. The lowest BCUT2D eigenvalue weighted by Gasteiger charge is -2.61. The summed E-state index contributed by atoms with van der Waals surface area (Å²) < 4.78 is 24.2. The highest BCUT2D eigenvalue weighted by atomic mass is 16.6. The first-order valence-electron chi connectivity index (χ1n) is 33.3. The van der Waals surface area contributed by atoms with Crippen LogP contribution in [-0.4, -0.2) is 67.7 Å². The zero-order chi connectivity index (χ0) is 58.7. The van der Waals surface area contributed by atoms with Crippen LogP contribution in [0.1, 0.15) is 291 Å². The molecule has 4 atom stereocenters. The summed E-state index contributed by atoms with van der Waals surface area (Å²) in [6.45, 7) is 32.7. The summed E-state index contributed by atoms with van der Waals surface area (Å²) in [7, 11) is 0. The van der Waals surface area contributed by atoms with Crippen molar-refractivity contribution >= 4 is 23.9 Å². The Labute approximate surface area is 486 Å². The van der Waals surface area contributed by atoms with Gasteiger partial charge in [0.15, 0.2) is 0 Å². The van der Waals surface area contributed by atoms with Gasteiger partial charge in [-0.2, -0.15) is 0 Å². The van der Waals surface area contributed by atoms with Crippen LogP contribution in [0.4, 0.5) is 0 Å². The zero-order valence-corrected chi connectivity index (χ0v) is 53.7. The van der Waals surface area contributed by atoms with Gasteiger partial charge < -0.3 is 29.2 Å². The van der Waals surface area contributed by atoms with E-state index in [0.29, 0.717) is 36.5 Å². The van der Waals surface area contributed by atoms with Gasteiger partial charge in [0.2, 0.25) is 0 Å². The van der Waals surface area contributed by atoms with Crippen LogP contribution in [0.5, 0.6) is 0 Å². The molecule has 0 amide bonds. The monoisotopic (exact) mass is 1120 g/mol. The van der Waals surface area contributed by atoms with Gasteiger partial charge in [0.05, 0.1) is 32.9 Å². The number of hydrogen-bond donors (Lipinski definition) is 2. The van der Waals surface area contributed by atoms with E-state index >= 15 is 0 Å². The van der Waals surface area contributed by atoms with Crippen molar-refractivity contribution in [3.8, 4) is 0 Å². The van der Waals surface area contributed by atoms with Crippen LogP contribution in [0.15, 0.2) is 0 Å². The Hall–Kier alpha value is -2.20. The van der Waals surface area contributed by atoms with Gasteiger partial charge in [-0.25, -0.2) is 0 Å². The quantitative estimate of drug-likeness (QED) is 0.127. The van der Waals surface area contributed by atoms with Crippen LogP contribution in [0.25, 0.3) is 0 Å². The number of carbonyl (C=O) groups excluding carboxylic acids is 4. The minimum atomic E-state index is -0.555. The normalized spacial score (nSPS) is 41.4. The molecule has 16 rings (SSSR count). The van der Waals surface area contributed by atoms with Crippen LogP contribution >= 0.6 is 0 Å². The predicted octanol–water partition coefficient (Wildman–Crippen LogP) is 16.0. The Morgan fingerprint density at radius 2 is 0.550 bits per heavy atom. The maximum atomic E-state index is 12.6. The van der Waals surface area contributed by atoms with E-state index in [4.69, 9.17) is 18.9 Å². The second-order valence-electron chi connectivity index (χ2n) is 34.7. The minimum Gasteiger partial charge on any atom is -0.459 e. The van der Waals surface area contributed by atoms with E-state index in [1.807, 2.05) is 69.2 Å². The maximum absolute atomic E-state index is 12.6. The molecule has 0 aromatic rings. The summed E-state index contributed by atoms with van der Waals surface area (Å²) in [5, 5.41) is 21.3. The molecule has 0 heterocycles. The van der Waals surface area contributed by atoms with Crippen LogP contribution in [0, 0.1) is 91.7 Å². The number of esters is 4. The highest BCUT2D eigenvalue weighted by molar-refractivity contribution is 5.78. The fourth-order valence-electron chi connectivity index (χ4n) is 20.4. The Morgan fingerprint density at radius 1 is 0.338 bits per heavy atom. The molecular weight excluding hydrogens is 1000 g/mol. The third kappa shape index (κ3) is 12.3. The van der Waals surface area contributed by atoms with Crippen LogP contribution in [-0.2, 0) is 38.1 Å². The van der Waals surface area contributed by atoms with Crippen molar-refractivity contribution in [2.75, 3.05) is 0 Å². The largest absolute Gasteiger partial charge is 0.459 e. The minimum absolute atomic E-state index is 0.00857. The lowest BCUT2D eigenvalue weighted by Crippen LogP contribution is -2.61. The Balaban J connectivity index is 0.000000129. The van der Waals surface area contributed by atoms with Crippen molar-refractivity contribution in [3.05, 3.63) is 0 Å². The number of aliphatic hydroxyl groups is 2. The molecule has 16 aliphatic rings. The van der Waals surface area contributed by atoms with Crippen molar-refractivity contribution in [1.29, 1.82) is 0 Å². The molecule has 0 spiro atoms. The van der Waals surface area contributed by atoms with Gasteiger partial charge in [-0.3, -0.25) is 19.2 Å². The SMILES string of the molecule is CCC(C)(C)C(=O)OC(C)(C)C12CC3CC(CC(C3)C1)C2.CCC(C)(C)C(=O)OC(C)(C)C12CC3CC(CC(C3)C1)C2.CCC(C)(C)C(=O)OC12CC3CC(CC(O)(C3)C1)C2.CCC(C)(C)C(=O)OC12CC3CC(CC(O)(C3)C1)C2. The highest BCUT2D eigenvalue weighted by Crippen LogP contribution is 2.67. The number of ether oxygens (including phenoxy) is 4. The lowest BCUT2D eigenvalue weighted by atomic mass is 9.46. The molecule has 0 aromatic carbocycles. The van der Waals surface area contributed by atoms with Crippen molar-refractivity contribution in [2.45, 2.75) is 324 Å². The Bertz CT molecular complexity index is 2040. The van der Waals surface area contributed by atoms with Gasteiger partial charge >= 0.3 is 23.9 Å². The molecule has 456 valence electrons. The van der Waals surface area contributed by atoms with Crippen molar-refractivity contribution < 1.29 is 48.3 Å². The van der Waals surface area contributed by atoms with Gasteiger partial charge in [0.25, 0.3) is 0 Å². The van der Waals surface area contributed by atoms with Crippen LogP contribution in [0.2, 0.25) is 0 Å². The molecule has 4 unspecified atom stereocenters. The molecule has 16 fully saturated rings. The summed E-state index contributed by atoms with van der Waals surface area (Å²) in [5.41, 5.74) is -3.50. The van der Waals surface area contributed by atoms with E-state index in [1.165, 1.54) is 89.9 Å². The first-order chi connectivity index (χ1) is 36.9. The molecule has 0 aromatic heterocycles. The maximum Gasteiger partial charge on any atom is 0.312 e. The summed E-state index contributed by atoms with van der Waals surface area (Å²) in [5.74, 6) is 7.43. The van der Waals surface area contributed by atoms with E-state index in [2.05, 4.69) is 41.5 Å². The molecule has 10 heteroatoms. The standard InChI is InChI=1S/2C19H32O2.2C16H26O3/c2*1-6-17(2,3)16(20)21-18(4,5)19-10-13-7-14(11-19)9-15(8-13)12-19;2*1-4-14(2,3)13(17)19-16-8-11-5-12(9-16)7-15(18,6-11)10-16/h2*13-15H,6-12H2,1-5H3;2*11-12,18H,4-10H2,1-3H3. The molecule has 16 bridgehead atoms. The average Bonchev–Trinajstić information content (AvgIpc) is 3.31. The Morgan fingerprint density at radius 3 is 0.762 bits per heavy atom. The molecule has 16 aliphatic carbocycles. The average molecular weight is 1120 g/mol. The summed E-state index contributed by atoms with van der Waals surface area (Å²) in [6, 6.07) is 0. The van der Waals surface area contributed by atoms with E-state index in [0.717, 1.165) is 113 Å². The lowest BCUT2D eigenvalue weighted by molar-refractivity contribution is -0.226. The molecule has 10 nitrogen and oxygen atoms in total. The fourth-order valence-corrected chi connectivity index (χ4v) is 20.4. The first kappa shape index (κ1) is 62.3. The van der Waals surface area contributed by atoms with Gasteiger partial charge in [-0.15, -0.1) is 0 Å². The van der Waals surface area contributed by atoms with Crippen LogP contribution < -0.4 is 0 Å². The van der Waals surface area contributed by atoms with E-state index < -0.39 is 22.0 Å². The predicted molar refractivity (Wildman–Crippen MR) is 315 cm³/mol. The van der Waals surface area contributed by atoms with Crippen molar-refractivity contribution in [3.63, 3.8) is 0 Å². The van der Waals surface area contributed by atoms with E-state index in [-0.39, 0.29) is 67.9 Å². The van der Waals surface area contributed by atoms with Crippen LogP contribution in [0.3, 0.4) is 0 Å².